The van der Waals surface area contributed by atoms with Crippen molar-refractivity contribution in [2.75, 3.05) is 18.4 Å². The van der Waals surface area contributed by atoms with Gasteiger partial charge in [-0.05, 0) is 24.6 Å². The molecule has 4 aromatic rings. The number of nitrogens with one attached hydrogen (secondary N) is 2. The van der Waals surface area contributed by atoms with E-state index in [1.807, 2.05) is 60.7 Å². The fourth-order valence-corrected chi connectivity index (χ4v) is 2.89. The second kappa shape index (κ2) is 9.42. The summed E-state index contributed by atoms with van der Waals surface area (Å²) in [5.74, 6) is 1.02. The highest BCUT2D eigenvalue weighted by Crippen LogP contribution is 2.20. The SMILES string of the molecule is O=C(NCCCNc1ncccn1)c1nc(-c2ccccc2)n(-c2ccccc2)n1. The molecule has 0 bridgehead atoms. The number of amides is 1. The molecule has 2 heterocycles. The Morgan fingerprint density at radius 2 is 1.57 bits per heavy atom. The number of carbonyl (C=O) groups excluding carboxylic acids is 1. The lowest BCUT2D eigenvalue weighted by molar-refractivity contribution is 0.0943. The third-order valence-electron chi connectivity index (χ3n) is 4.33. The zero-order valence-corrected chi connectivity index (χ0v) is 16.3. The number of rotatable bonds is 8. The summed E-state index contributed by atoms with van der Waals surface area (Å²) >= 11 is 0. The molecule has 0 saturated heterocycles. The molecule has 30 heavy (non-hydrogen) atoms. The molecule has 1 amide bonds. The van der Waals surface area contributed by atoms with E-state index in [1.54, 1.807) is 23.1 Å². The minimum atomic E-state index is -0.308. The summed E-state index contributed by atoms with van der Waals surface area (Å²) in [6.45, 7) is 1.13. The molecule has 0 saturated carbocycles. The topological polar surface area (TPSA) is 97.6 Å². The maximum atomic E-state index is 12.6. The number of benzene rings is 2. The third-order valence-corrected chi connectivity index (χ3v) is 4.33. The minimum Gasteiger partial charge on any atom is -0.354 e. The first kappa shape index (κ1) is 19.3. The monoisotopic (exact) mass is 399 g/mol. The van der Waals surface area contributed by atoms with E-state index in [0.717, 1.165) is 17.7 Å². The summed E-state index contributed by atoms with van der Waals surface area (Å²) in [5, 5.41) is 10.4. The molecule has 0 unspecified atom stereocenters. The van der Waals surface area contributed by atoms with Gasteiger partial charge in [0.05, 0.1) is 5.69 Å². The van der Waals surface area contributed by atoms with E-state index < -0.39 is 0 Å². The van der Waals surface area contributed by atoms with Gasteiger partial charge in [-0.25, -0.2) is 19.6 Å². The lowest BCUT2D eigenvalue weighted by atomic mass is 10.2. The Kier molecular flexibility index (Phi) is 6.05. The normalized spacial score (nSPS) is 10.5. The van der Waals surface area contributed by atoms with Gasteiger partial charge >= 0.3 is 0 Å². The van der Waals surface area contributed by atoms with E-state index in [1.165, 1.54) is 0 Å². The van der Waals surface area contributed by atoms with Crippen molar-refractivity contribution in [1.82, 2.24) is 30.0 Å². The molecule has 2 aromatic heterocycles. The molecule has 0 spiro atoms. The van der Waals surface area contributed by atoms with Gasteiger partial charge in [0.1, 0.15) is 0 Å². The molecule has 0 aliphatic heterocycles. The van der Waals surface area contributed by atoms with Crippen LogP contribution in [0.3, 0.4) is 0 Å². The molecule has 4 rings (SSSR count). The van der Waals surface area contributed by atoms with Crippen LogP contribution in [0.2, 0.25) is 0 Å². The number of nitrogens with zero attached hydrogens (tertiary/aromatic N) is 5. The molecular formula is C22H21N7O. The Hall–Kier alpha value is -4.07. The van der Waals surface area contributed by atoms with Crippen molar-refractivity contribution in [3.8, 4) is 17.1 Å². The van der Waals surface area contributed by atoms with Crippen molar-refractivity contribution in [2.45, 2.75) is 6.42 Å². The second-order valence-electron chi connectivity index (χ2n) is 6.48. The van der Waals surface area contributed by atoms with Crippen LogP contribution in [0.25, 0.3) is 17.1 Å². The summed E-state index contributed by atoms with van der Waals surface area (Å²) in [7, 11) is 0. The second-order valence-corrected chi connectivity index (χ2v) is 6.48. The first-order chi connectivity index (χ1) is 14.8. The summed E-state index contributed by atoms with van der Waals surface area (Å²) in [6.07, 6.45) is 4.07. The zero-order chi connectivity index (χ0) is 20.6. The van der Waals surface area contributed by atoms with Crippen LogP contribution in [0.5, 0.6) is 0 Å². The van der Waals surface area contributed by atoms with Gasteiger partial charge in [0.2, 0.25) is 11.8 Å². The average molecular weight is 399 g/mol. The first-order valence-corrected chi connectivity index (χ1v) is 9.68. The van der Waals surface area contributed by atoms with Crippen LogP contribution >= 0.6 is 0 Å². The lowest BCUT2D eigenvalue weighted by Gasteiger charge is -2.05. The van der Waals surface area contributed by atoms with Gasteiger partial charge < -0.3 is 10.6 Å². The van der Waals surface area contributed by atoms with E-state index in [2.05, 4.69) is 30.7 Å². The number of para-hydroxylation sites is 1. The smallest absolute Gasteiger partial charge is 0.290 e. The van der Waals surface area contributed by atoms with E-state index in [0.29, 0.717) is 24.9 Å². The molecule has 0 aliphatic carbocycles. The average Bonchev–Trinajstić information content (AvgIpc) is 3.26. The Morgan fingerprint density at radius 3 is 2.30 bits per heavy atom. The lowest BCUT2D eigenvalue weighted by Crippen LogP contribution is -2.27. The fraction of sp³-hybridized carbons (Fsp3) is 0.136. The molecule has 150 valence electrons. The number of carbonyl (C=O) groups is 1. The van der Waals surface area contributed by atoms with Crippen molar-refractivity contribution in [1.29, 1.82) is 0 Å². The zero-order valence-electron chi connectivity index (χ0n) is 16.3. The maximum absolute atomic E-state index is 12.6. The Labute approximate surface area is 174 Å². The number of hydrogen-bond donors (Lipinski definition) is 2. The molecule has 0 radical (unpaired) electrons. The highest BCUT2D eigenvalue weighted by atomic mass is 16.2. The highest BCUT2D eigenvalue weighted by molar-refractivity contribution is 5.91. The third kappa shape index (κ3) is 4.67. The van der Waals surface area contributed by atoms with Gasteiger partial charge in [-0.15, -0.1) is 5.10 Å². The maximum Gasteiger partial charge on any atom is 0.290 e. The summed E-state index contributed by atoms with van der Waals surface area (Å²) in [5.41, 5.74) is 1.73. The van der Waals surface area contributed by atoms with Gasteiger partial charge in [-0.2, -0.15) is 0 Å². The molecule has 0 aliphatic rings. The van der Waals surface area contributed by atoms with Crippen LogP contribution in [-0.4, -0.2) is 43.7 Å². The predicted octanol–water partition coefficient (Wildman–Crippen LogP) is 2.96. The fourth-order valence-electron chi connectivity index (χ4n) is 2.89. The number of aromatic nitrogens is 5. The molecule has 0 atom stereocenters. The number of anilines is 1. The predicted molar refractivity (Wildman–Crippen MR) is 114 cm³/mol. The van der Waals surface area contributed by atoms with E-state index in [9.17, 15) is 4.79 Å². The summed E-state index contributed by atoms with van der Waals surface area (Å²) in [4.78, 5) is 25.3. The van der Waals surface area contributed by atoms with Crippen LogP contribution in [0, 0.1) is 0 Å². The molecule has 2 aromatic carbocycles. The quantitative estimate of drug-likeness (QED) is 0.442. The van der Waals surface area contributed by atoms with Crippen molar-refractivity contribution < 1.29 is 4.79 Å². The van der Waals surface area contributed by atoms with Gasteiger partial charge in [0.15, 0.2) is 5.82 Å². The van der Waals surface area contributed by atoms with E-state index in [4.69, 9.17) is 0 Å². The molecule has 8 nitrogen and oxygen atoms in total. The van der Waals surface area contributed by atoms with Crippen LogP contribution in [0.1, 0.15) is 17.0 Å². The molecule has 8 heteroatoms. The largest absolute Gasteiger partial charge is 0.354 e. The van der Waals surface area contributed by atoms with Gasteiger partial charge in [-0.1, -0.05) is 48.5 Å². The number of hydrogen-bond acceptors (Lipinski definition) is 6. The standard InChI is InChI=1S/C22H21N7O/c30-21(23-13-7-14-24-22-25-15-8-16-26-22)19-27-20(17-9-3-1-4-10-17)29(28-19)18-11-5-2-6-12-18/h1-6,8-12,15-16H,7,13-14H2,(H,23,30)(H,24,25,26). The molecular weight excluding hydrogens is 378 g/mol. The Bertz CT molecular complexity index is 1030. The van der Waals surface area contributed by atoms with E-state index in [-0.39, 0.29) is 11.7 Å². The van der Waals surface area contributed by atoms with Crippen LogP contribution in [0.15, 0.2) is 79.1 Å². The Balaban J connectivity index is 1.43. The van der Waals surface area contributed by atoms with Crippen LogP contribution in [0.4, 0.5) is 5.95 Å². The molecule has 2 N–H and O–H groups in total. The van der Waals surface area contributed by atoms with Crippen molar-refractivity contribution in [2.24, 2.45) is 0 Å². The minimum absolute atomic E-state index is 0.136. The van der Waals surface area contributed by atoms with E-state index >= 15 is 0 Å². The Morgan fingerprint density at radius 1 is 0.867 bits per heavy atom. The molecule has 0 fully saturated rings. The summed E-state index contributed by atoms with van der Waals surface area (Å²) in [6, 6.07) is 21.1. The van der Waals surface area contributed by atoms with Gasteiger partial charge in [0.25, 0.3) is 5.91 Å². The summed E-state index contributed by atoms with van der Waals surface area (Å²) < 4.78 is 1.69. The van der Waals surface area contributed by atoms with Gasteiger partial charge in [-0.3, -0.25) is 4.79 Å². The van der Waals surface area contributed by atoms with Crippen LogP contribution in [-0.2, 0) is 0 Å². The van der Waals surface area contributed by atoms with Crippen molar-refractivity contribution in [3.05, 3.63) is 84.9 Å². The first-order valence-electron chi connectivity index (χ1n) is 9.68. The van der Waals surface area contributed by atoms with Crippen molar-refractivity contribution in [3.63, 3.8) is 0 Å². The van der Waals surface area contributed by atoms with Crippen LogP contribution < -0.4 is 10.6 Å². The highest BCUT2D eigenvalue weighted by Gasteiger charge is 2.18. The van der Waals surface area contributed by atoms with Gasteiger partial charge in [0, 0.05) is 31.0 Å². The van der Waals surface area contributed by atoms with Crippen molar-refractivity contribution >= 4 is 11.9 Å².